The number of hydrogen-bond donors (Lipinski definition) is 1. The highest BCUT2D eigenvalue weighted by Gasteiger charge is 2.41. The van der Waals surface area contributed by atoms with Gasteiger partial charge in [-0.2, -0.15) is 0 Å². The monoisotopic (exact) mass is 265 g/mol. The Labute approximate surface area is 118 Å². The quantitative estimate of drug-likeness (QED) is 0.750. The first-order chi connectivity index (χ1) is 9.31. The summed E-state index contributed by atoms with van der Waals surface area (Å²) in [6, 6.07) is 0.798. The third kappa shape index (κ3) is 3.52. The molecule has 3 rings (SSSR count). The number of hydrogen-bond acceptors (Lipinski definition) is 2. The summed E-state index contributed by atoms with van der Waals surface area (Å²) in [5.41, 5.74) is 0.336. The second-order valence-corrected chi connectivity index (χ2v) is 7.10. The summed E-state index contributed by atoms with van der Waals surface area (Å²) in [7, 11) is 0. The maximum atomic E-state index is 6.41. The van der Waals surface area contributed by atoms with E-state index in [2.05, 4.69) is 12.2 Å². The zero-order valence-electron chi connectivity index (χ0n) is 12.6. The topological polar surface area (TPSA) is 21.3 Å². The third-order valence-corrected chi connectivity index (χ3v) is 5.55. The molecular weight excluding hydrogens is 234 g/mol. The van der Waals surface area contributed by atoms with Crippen molar-refractivity contribution in [2.45, 2.75) is 95.3 Å². The molecule has 0 aromatic rings. The molecule has 2 aliphatic carbocycles. The molecular formula is C17H31NO. The summed E-state index contributed by atoms with van der Waals surface area (Å²) in [5.74, 6) is 0.991. The van der Waals surface area contributed by atoms with Crippen molar-refractivity contribution in [3.05, 3.63) is 0 Å². The lowest BCUT2D eigenvalue weighted by molar-refractivity contribution is -0.0397. The first kappa shape index (κ1) is 13.9. The van der Waals surface area contributed by atoms with E-state index in [1.807, 2.05) is 0 Å². The summed E-state index contributed by atoms with van der Waals surface area (Å²) < 4.78 is 6.41. The minimum absolute atomic E-state index is 0.336. The summed E-state index contributed by atoms with van der Waals surface area (Å²) in [6.45, 7) is 3.36. The lowest BCUT2D eigenvalue weighted by atomic mass is 9.97. The molecule has 2 unspecified atom stereocenters. The molecule has 0 amide bonds. The van der Waals surface area contributed by atoms with Crippen LogP contribution in [-0.4, -0.2) is 24.3 Å². The zero-order valence-corrected chi connectivity index (χ0v) is 12.6. The average molecular weight is 265 g/mol. The van der Waals surface area contributed by atoms with Crippen molar-refractivity contribution in [1.82, 2.24) is 5.32 Å². The van der Waals surface area contributed by atoms with E-state index in [4.69, 9.17) is 4.74 Å². The molecule has 1 heterocycles. The first-order valence-electron chi connectivity index (χ1n) is 8.72. The van der Waals surface area contributed by atoms with E-state index in [-0.39, 0.29) is 0 Å². The molecule has 2 heteroatoms. The summed E-state index contributed by atoms with van der Waals surface area (Å²) >= 11 is 0. The van der Waals surface area contributed by atoms with Gasteiger partial charge in [0, 0.05) is 6.04 Å². The van der Waals surface area contributed by atoms with Crippen LogP contribution in [0.15, 0.2) is 0 Å². The number of ether oxygens (including phenoxy) is 1. The second kappa shape index (κ2) is 6.13. The molecule has 1 saturated heterocycles. The Hall–Kier alpha value is -0.0800. The van der Waals surface area contributed by atoms with E-state index >= 15 is 0 Å². The molecule has 0 aromatic heterocycles. The fourth-order valence-electron chi connectivity index (χ4n) is 4.32. The Bertz CT molecular complexity index is 281. The van der Waals surface area contributed by atoms with Gasteiger partial charge in [-0.3, -0.25) is 0 Å². The van der Waals surface area contributed by atoms with Crippen LogP contribution in [0.1, 0.15) is 77.6 Å². The summed E-state index contributed by atoms with van der Waals surface area (Å²) in [6.07, 6.45) is 15.7. The second-order valence-electron chi connectivity index (χ2n) is 7.10. The molecule has 0 aromatic carbocycles. The van der Waals surface area contributed by atoms with Crippen LogP contribution in [0.25, 0.3) is 0 Å². The predicted octanol–water partition coefficient (Wildman–Crippen LogP) is 4.04. The van der Waals surface area contributed by atoms with Crippen molar-refractivity contribution >= 4 is 0 Å². The Morgan fingerprint density at radius 2 is 1.95 bits per heavy atom. The highest BCUT2D eigenvalue weighted by Crippen LogP contribution is 2.44. The molecule has 110 valence electrons. The van der Waals surface area contributed by atoms with Crippen molar-refractivity contribution in [1.29, 1.82) is 0 Å². The molecule has 1 spiro atoms. The van der Waals surface area contributed by atoms with E-state index in [1.54, 1.807) is 0 Å². The van der Waals surface area contributed by atoms with Crippen LogP contribution in [-0.2, 0) is 4.74 Å². The molecule has 0 radical (unpaired) electrons. The van der Waals surface area contributed by atoms with E-state index in [0.717, 1.165) is 18.5 Å². The summed E-state index contributed by atoms with van der Waals surface area (Å²) in [4.78, 5) is 0. The number of rotatable bonds is 7. The van der Waals surface area contributed by atoms with Gasteiger partial charge in [-0.05, 0) is 70.3 Å². The third-order valence-electron chi connectivity index (χ3n) is 5.55. The predicted molar refractivity (Wildman–Crippen MR) is 79.3 cm³/mol. The fraction of sp³-hybridized carbons (Fsp3) is 1.00. The smallest absolute Gasteiger partial charge is 0.0687 e. The van der Waals surface area contributed by atoms with Gasteiger partial charge in [0.05, 0.1) is 11.7 Å². The van der Waals surface area contributed by atoms with Gasteiger partial charge < -0.3 is 10.1 Å². The molecule has 2 nitrogen and oxygen atoms in total. The van der Waals surface area contributed by atoms with Gasteiger partial charge in [-0.25, -0.2) is 0 Å². The molecule has 0 bridgehead atoms. The van der Waals surface area contributed by atoms with E-state index < -0.39 is 0 Å². The summed E-state index contributed by atoms with van der Waals surface area (Å²) in [5, 5.41) is 3.68. The Balaban J connectivity index is 1.36. The van der Waals surface area contributed by atoms with Crippen molar-refractivity contribution in [3.8, 4) is 0 Å². The first-order valence-corrected chi connectivity index (χ1v) is 8.72. The van der Waals surface area contributed by atoms with Crippen LogP contribution >= 0.6 is 0 Å². The minimum atomic E-state index is 0.336. The molecule has 2 atom stereocenters. The average Bonchev–Trinajstić information content (AvgIpc) is 3.04. The molecule has 3 aliphatic rings. The van der Waals surface area contributed by atoms with Crippen molar-refractivity contribution in [2.75, 3.05) is 6.54 Å². The van der Waals surface area contributed by atoms with Crippen LogP contribution in [0.2, 0.25) is 0 Å². The van der Waals surface area contributed by atoms with Gasteiger partial charge in [0.15, 0.2) is 0 Å². The maximum Gasteiger partial charge on any atom is 0.0687 e. The van der Waals surface area contributed by atoms with Crippen LogP contribution in [0.4, 0.5) is 0 Å². The lowest BCUT2D eigenvalue weighted by Gasteiger charge is -2.24. The molecule has 19 heavy (non-hydrogen) atoms. The highest BCUT2D eigenvalue weighted by atomic mass is 16.5. The molecule has 2 saturated carbocycles. The van der Waals surface area contributed by atoms with Crippen LogP contribution < -0.4 is 5.32 Å². The van der Waals surface area contributed by atoms with Crippen LogP contribution in [0.3, 0.4) is 0 Å². The lowest BCUT2D eigenvalue weighted by Crippen LogP contribution is -2.31. The zero-order chi connectivity index (χ0) is 13.1. The minimum Gasteiger partial charge on any atom is -0.372 e. The fourth-order valence-corrected chi connectivity index (χ4v) is 4.32. The molecule has 1 aliphatic heterocycles. The largest absolute Gasteiger partial charge is 0.372 e. The van der Waals surface area contributed by atoms with Crippen LogP contribution in [0, 0.1) is 5.92 Å². The van der Waals surface area contributed by atoms with Crippen molar-refractivity contribution in [2.24, 2.45) is 5.92 Å². The maximum absolute atomic E-state index is 6.41. The van der Waals surface area contributed by atoms with Crippen molar-refractivity contribution < 1.29 is 4.74 Å². The van der Waals surface area contributed by atoms with Gasteiger partial charge >= 0.3 is 0 Å². The Morgan fingerprint density at radius 3 is 2.63 bits per heavy atom. The van der Waals surface area contributed by atoms with Gasteiger partial charge in [-0.15, -0.1) is 0 Å². The van der Waals surface area contributed by atoms with Gasteiger partial charge in [0.2, 0.25) is 0 Å². The van der Waals surface area contributed by atoms with Crippen molar-refractivity contribution in [3.63, 3.8) is 0 Å². The number of nitrogens with one attached hydrogen (secondary N) is 1. The van der Waals surface area contributed by atoms with Gasteiger partial charge in [0.25, 0.3) is 0 Å². The molecule has 3 fully saturated rings. The van der Waals surface area contributed by atoms with Gasteiger partial charge in [-0.1, -0.05) is 19.8 Å². The molecule has 1 N–H and O–H groups in total. The normalized spacial score (nSPS) is 31.1. The van der Waals surface area contributed by atoms with E-state index in [9.17, 15) is 0 Å². The van der Waals surface area contributed by atoms with Crippen LogP contribution in [0.5, 0.6) is 0 Å². The Kier molecular flexibility index (Phi) is 4.48. The Morgan fingerprint density at radius 1 is 1.16 bits per heavy atom. The van der Waals surface area contributed by atoms with Gasteiger partial charge in [0.1, 0.15) is 0 Å². The van der Waals surface area contributed by atoms with E-state index in [1.165, 1.54) is 70.6 Å². The standard InChI is InChI=1S/C17H31NO/c1-2-18-16(14-8-9-14)7-5-6-15-10-13-17(19-15)11-3-4-12-17/h14-16,18H,2-13H2,1H3. The SMILES string of the molecule is CCNC(CCCC1CCC2(CCCC2)O1)C1CC1. The van der Waals surface area contributed by atoms with E-state index in [0.29, 0.717) is 11.7 Å². The highest BCUT2D eigenvalue weighted by molar-refractivity contribution is 4.93.